The van der Waals surface area contributed by atoms with Crippen LogP contribution in [0.1, 0.15) is 60.6 Å². The van der Waals surface area contributed by atoms with Crippen LogP contribution in [0, 0.1) is 0 Å². The molecule has 16 nitrogen and oxygen atoms in total. The minimum Gasteiger partial charge on any atom is -0.508 e. The number of fused-ring (bicyclic) bond motifs is 9. The molecule has 0 spiro atoms. The summed E-state index contributed by atoms with van der Waals surface area (Å²) in [5, 5.41) is 47.7. The molecule has 0 amide bonds. The van der Waals surface area contributed by atoms with Crippen LogP contribution in [0.5, 0.6) is 11.5 Å². The lowest BCUT2D eigenvalue weighted by Crippen LogP contribution is -2.43. The topological polar surface area (TPSA) is 206 Å². The van der Waals surface area contributed by atoms with Crippen molar-refractivity contribution >= 4 is 83.7 Å². The summed E-state index contributed by atoms with van der Waals surface area (Å²) < 4.78 is 7.46. The van der Waals surface area contributed by atoms with Gasteiger partial charge < -0.3 is 76.0 Å². The number of aliphatic hydroxyl groups excluding tert-OH is 1. The number of carboxylic acid groups (broad SMARTS) is 1. The number of hydrogen-bond acceptors (Lipinski definition) is 11. The van der Waals surface area contributed by atoms with E-state index < -0.39 is 12.0 Å². The normalized spacial score (nSPS) is 15.2. The first kappa shape index (κ1) is 78.0. The maximum absolute atomic E-state index is 10.6. The molecule has 0 aliphatic carbocycles. The molecule has 0 bridgehead atoms. The molecule has 4 aromatic heterocycles. The Morgan fingerprint density at radius 1 is 0.550 bits per heavy atom. The molecule has 0 radical (unpaired) electrons. The van der Waals surface area contributed by atoms with Crippen molar-refractivity contribution in [1.29, 1.82) is 0 Å². The van der Waals surface area contributed by atoms with Crippen LogP contribution in [0.3, 0.4) is 0 Å². The second-order valence-corrected chi connectivity index (χ2v) is 28.0. The molecular weight excluding hydrogens is 1350 g/mol. The molecule has 20 rings (SSSR count). The highest BCUT2D eigenvalue weighted by Gasteiger charge is 2.36. The number of anilines is 6. The van der Waals surface area contributed by atoms with Crippen molar-refractivity contribution < 1.29 is 24.9 Å². The number of methoxy groups -OCH3 is 1. The van der Waals surface area contributed by atoms with Crippen molar-refractivity contribution in [3.63, 3.8) is 0 Å². The van der Waals surface area contributed by atoms with E-state index in [9.17, 15) is 4.79 Å². The number of rotatable bonds is 5. The van der Waals surface area contributed by atoms with Crippen LogP contribution in [0.2, 0.25) is 0 Å². The van der Waals surface area contributed by atoms with Gasteiger partial charge in [0, 0.05) is 170 Å². The highest BCUT2D eigenvalue weighted by Crippen LogP contribution is 2.45. The lowest BCUT2D eigenvalue weighted by atomic mass is 9.85. The number of H-pyrrole nitrogens is 3. The number of allylic oxidation sites excluding steroid dienone is 1. The number of aliphatic hydroxyl groups is 1. The van der Waals surface area contributed by atoms with Gasteiger partial charge in [-0.05, 0) is 180 Å². The van der Waals surface area contributed by atoms with Crippen molar-refractivity contribution in [2.24, 2.45) is 7.05 Å². The molecular formula is C93H105N11O5. The number of likely N-dealkylation sites (N-methyl/N-ethyl adjacent to an activating group) is 1. The third-order valence-corrected chi connectivity index (χ3v) is 20.2. The third-order valence-electron chi connectivity index (χ3n) is 20.2. The quantitative estimate of drug-likeness (QED) is 0.0779. The van der Waals surface area contributed by atoms with Crippen LogP contribution in [0.25, 0.3) is 43.6 Å². The van der Waals surface area contributed by atoms with Gasteiger partial charge in [0.2, 0.25) is 0 Å². The molecule has 1 fully saturated rings. The molecule has 2 unspecified atom stereocenters. The molecule has 109 heavy (non-hydrogen) atoms. The molecule has 11 N–H and O–H groups in total. The average Bonchev–Trinajstić information content (AvgIpc) is 1.61. The van der Waals surface area contributed by atoms with E-state index in [0.29, 0.717) is 18.2 Å². The Bertz CT molecular complexity index is 5050. The molecule has 0 saturated carbocycles. The lowest BCUT2D eigenvalue weighted by molar-refractivity contribution is -0.137. The van der Waals surface area contributed by atoms with E-state index in [4.69, 9.17) is 20.1 Å². The summed E-state index contributed by atoms with van der Waals surface area (Å²) in [6.45, 7) is 17.5. The first-order valence-corrected chi connectivity index (χ1v) is 37.8. The second kappa shape index (κ2) is 38.9. The van der Waals surface area contributed by atoms with Gasteiger partial charge in [0.25, 0.3) is 0 Å². The average molecular weight is 1460 g/mol. The zero-order chi connectivity index (χ0) is 76.3. The number of phenols is 1. The summed E-state index contributed by atoms with van der Waals surface area (Å²) >= 11 is 0. The third kappa shape index (κ3) is 21.2. The van der Waals surface area contributed by atoms with Gasteiger partial charge in [-0.15, -0.1) is 0 Å². The molecule has 6 aliphatic heterocycles. The van der Waals surface area contributed by atoms with Crippen LogP contribution in [-0.4, -0.2) is 113 Å². The van der Waals surface area contributed by atoms with E-state index in [1.807, 2.05) is 97.5 Å². The number of benzene rings is 10. The fraction of sp³-hybridized carbons (Fsp3) is 0.237. The van der Waals surface area contributed by atoms with Crippen LogP contribution >= 0.6 is 0 Å². The van der Waals surface area contributed by atoms with Gasteiger partial charge in [0.15, 0.2) is 0 Å². The number of para-hydroxylation sites is 10. The van der Waals surface area contributed by atoms with Crippen LogP contribution in [-0.2, 0) is 49.4 Å². The number of hydrogen-bond donors (Lipinski definition) is 11. The Hall–Kier alpha value is -12.1. The molecule has 6 aliphatic rings. The van der Waals surface area contributed by atoms with Crippen molar-refractivity contribution in [3.05, 3.63) is 325 Å². The van der Waals surface area contributed by atoms with Crippen LogP contribution < -0.4 is 41.1 Å². The van der Waals surface area contributed by atoms with E-state index >= 15 is 0 Å². The molecule has 16 heteroatoms. The number of piperazine rings is 1. The number of carbonyl (C=O) groups is 1. The number of carboxylic acids is 1. The number of phenolic OH excluding ortho intramolecular Hbond substituents is 1. The summed E-state index contributed by atoms with van der Waals surface area (Å²) in [7, 11) is 5.86. The first-order chi connectivity index (χ1) is 53.1. The molecule has 2 atom stereocenters. The Morgan fingerprint density at radius 2 is 1.11 bits per heavy atom. The second-order valence-electron chi connectivity index (χ2n) is 28.0. The summed E-state index contributed by atoms with van der Waals surface area (Å²) in [4.78, 5) is 24.5. The van der Waals surface area contributed by atoms with E-state index in [1.165, 1.54) is 115 Å². The summed E-state index contributed by atoms with van der Waals surface area (Å²) in [6.07, 6.45) is 14.0. The highest BCUT2D eigenvalue weighted by atomic mass is 16.5. The number of aromatic hydroxyl groups is 1. The van der Waals surface area contributed by atoms with Crippen LogP contribution in [0.15, 0.2) is 292 Å². The number of nitrogens with zero attached hydrogens (tertiary/aromatic N) is 3. The van der Waals surface area contributed by atoms with Gasteiger partial charge >= 0.3 is 5.97 Å². The van der Waals surface area contributed by atoms with E-state index in [2.05, 4.69) is 267 Å². The van der Waals surface area contributed by atoms with Crippen molar-refractivity contribution in [2.75, 3.05) is 91.1 Å². The number of ether oxygens (including phenoxy) is 1. The van der Waals surface area contributed by atoms with Gasteiger partial charge in [0.1, 0.15) is 17.5 Å². The van der Waals surface area contributed by atoms with Gasteiger partial charge in [-0.1, -0.05) is 178 Å². The number of aromatic nitrogens is 4. The number of aryl methyl sites for hydroxylation is 2. The standard InChI is InChI=1S/C12H15N.C11H16N2O.C10H11NO.C9H9NO2.C9H9N.2C9H11N.C8H7NO.C8H9N.C8H7N/c1-9-12(2,3)10-7-5-6-8-11(10)13(9)4;1-14-11-5-3-2-4-10(11)13-8-6-12-7-9-13;12-6-5-8-7-11-10-4-2-1-3-9(8)10;11-9(12)8-5-6-3-1-2-4-7(6)10-8;1-10-7-6-8-4-2-3-5-9(8)10;1-7-6-8-4-2-3-5-9(8)10-7;1-2-6-9-8(4-1)5-3-7-10-9;10-7-1-2-8-6(5-7)3-4-9-8;2*1-2-4-8-7(3-1)5-6-9-8/h5-8H,1H2,2-4H3;2-5,12H,6-9H2,1H3;1-4,7,11-12H,5-6H2;1-4,8,10H,5H2,(H,11,12);2-7H,1H3;2-5,7,10H,6H2,1H3;1-2,4,6,10H,3,5,7H2;1-5,9-10H;1-4,9H,5-6H2;1-6,9H. The Morgan fingerprint density at radius 3 is 1.76 bits per heavy atom. The number of aliphatic carboxylic acids is 1. The minimum absolute atomic E-state index is 0.0886. The highest BCUT2D eigenvalue weighted by molar-refractivity contribution is 5.84. The number of nitrogens with one attached hydrogen (secondary N) is 8. The summed E-state index contributed by atoms with van der Waals surface area (Å²) in [5.74, 6) is 0.493. The van der Waals surface area contributed by atoms with Crippen molar-refractivity contribution in [2.45, 2.75) is 76.8 Å². The fourth-order valence-electron chi connectivity index (χ4n) is 14.1. The van der Waals surface area contributed by atoms with Gasteiger partial charge in [0.05, 0.1) is 12.8 Å². The van der Waals surface area contributed by atoms with E-state index in [-0.39, 0.29) is 12.0 Å². The SMILES string of the molecule is C=C1N(C)c2ccccc2C1(C)C.CC1Cc2ccccc2N1.COc1ccccc1N1CCNCC1.Cn1ccc2ccccc21.O=C(O)C1Cc2ccccc2N1.OCCc1c[nH]c2ccccc12.Oc1ccc2[nH]ccc2c1.c1ccc2[nH]ccc2c1.c1ccc2c(c1)CCCN2.c1ccc2c(c1)CCN2. The lowest BCUT2D eigenvalue weighted by Gasteiger charge is -2.30. The molecule has 10 aromatic carbocycles. The van der Waals surface area contributed by atoms with E-state index in [0.717, 1.165) is 79.1 Å². The largest absolute Gasteiger partial charge is 0.508 e. The Kier molecular flexibility index (Phi) is 27.9. The zero-order valence-corrected chi connectivity index (χ0v) is 63.6. The van der Waals surface area contributed by atoms with Gasteiger partial charge in [-0.3, -0.25) is 0 Å². The predicted molar refractivity (Wildman–Crippen MR) is 456 cm³/mol. The maximum Gasteiger partial charge on any atom is 0.326 e. The number of aromatic amines is 3. The summed E-state index contributed by atoms with van der Waals surface area (Å²) in [6, 6.07) is 86.1. The zero-order valence-electron chi connectivity index (χ0n) is 63.6. The predicted octanol–water partition coefficient (Wildman–Crippen LogP) is 18.8. The molecule has 1 saturated heterocycles. The minimum atomic E-state index is -0.786. The Balaban J connectivity index is 0.000000121. The smallest absolute Gasteiger partial charge is 0.326 e. The van der Waals surface area contributed by atoms with Gasteiger partial charge in [-0.25, -0.2) is 4.79 Å². The molecule has 562 valence electrons. The molecule has 10 heterocycles. The molecule has 14 aromatic rings. The Labute approximate surface area is 641 Å². The van der Waals surface area contributed by atoms with Gasteiger partial charge in [-0.2, -0.15) is 0 Å². The monoisotopic (exact) mass is 1460 g/mol. The fourth-order valence-corrected chi connectivity index (χ4v) is 14.1. The first-order valence-electron chi connectivity index (χ1n) is 37.8. The van der Waals surface area contributed by atoms with Crippen molar-refractivity contribution in [3.8, 4) is 11.5 Å². The summed E-state index contributed by atoms with van der Waals surface area (Å²) in [5.41, 5.74) is 21.4. The van der Waals surface area contributed by atoms with Crippen LogP contribution in [0.4, 0.5) is 34.1 Å². The van der Waals surface area contributed by atoms with E-state index in [1.54, 1.807) is 19.2 Å². The van der Waals surface area contributed by atoms with Crippen molar-refractivity contribution in [1.82, 2.24) is 24.8 Å². The maximum atomic E-state index is 10.6.